The number of hydrogen-bond acceptors (Lipinski definition) is 5. The summed E-state index contributed by atoms with van der Waals surface area (Å²) in [4.78, 5) is 13.8. The summed E-state index contributed by atoms with van der Waals surface area (Å²) in [5.74, 6) is 0.821. The van der Waals surface area contributed by atoms with Crippen molar-refractivity contribution in [3.63, 3.8) is 0 Å². The highest BCUT2D eigenvalue weighted by molar-refractivity contribution is 5.98. The van der Waals surface area contributed by atoms with Gasteiger partial charge in [0.1, 0.15) is 6.26 Å². The molecule has 1 fully saturated rings. The Kier molecular flexibility index (Phi) is 3.74. The van der Waals surface area contributed by atoms with E-state index in [0.29, 0.717) is 0 Å². The maximum absolute atomic E-state index is 5.08. The Hall–Kier alpha value is -1.88. The first-order chi connectivity index (χ1) is 9.43. The summed E-state index contributed by atoms with van der Waals surface area (Å²) in [5, 5.41) is 4.14. The van der Waals surface area contributed by atoms with Gasteiger partial charge < -0.3 is 9.74 Å². The van der Waals surface area contributed by atoms with Gasteiger partial charge in [-0.15, -0.1) is 0 Å². The first kappa shape index (κ1) is 12.2. The van der Waals surface area contributed by atoms with Gasteiger partial charge in [-0.3, -0.25) is 9.88 Å². The quantitative estimate of drug-likeness (QED) is 0.831. The van der Waals surface area contributed by atoms with Crippen molar-refractivity contribution in [2.24, 2.45) is 5.16 Å². The Morgan fingerprint density at radius 2 is 2.11 bits per heavy atom. The molecule has 1 aromatic heterocycles. The molecule has 0 saturated carbocycles. The molecule has 1 saturated heterocycles. The summed E-state index contributed by atoms with van der Waals surface area (Å²) in [7, 11) is 0. The predicted molar refractivity (Wildman–Crippen MR) is 73.1 cm³/mol. The Morgan fingerprint density at radius 1 is 1.21 bits per heavy atom. The monoisotopic (exact) mass is 258 g/mol. The number of rotatable bonds is 3. The zero-order valence-corrected chi connectivity index (χ0v) is 10.9. The Labute approximate surface area is 113 Å². The van der Waals surface area contributed by atoms with E-state index < -0.39 is 0 Å². The normalized spacial score (nSPS) is 20.0. The maximum atomic E-state index is 5.08. The molecule has 19 heavy (non-hydrogen) atoms. The van der Waals surface area contributed by atoms with Crippen molar-refractivity contribution in [3.05, 3.63) is 42.6 Å². The fourth-order valence-electron chi connectivity index (χ4n) is 2.45. The van der Waals surface area contributed by atoms with E-state index in [2.05, 4.69) is 19.9 Å². The van der Waals surface area contributed by atoms with E-state index in [-0.39, 0.29) is 0 Å². The Balaban J connectivity index is 1.73. The van der Waals surface area contributed by atoms with Crippen molar-refractivity contribution in [2.45, 2.75) is 19.3 Å². The Bertz CT molecular complexity index is 466. The van der Waals surface area contributed by atoms with Gasteiger partial charge in [0, 0.05) is 24.2 Å². The van der Waals surface area contributed by atoms with Gasteiger partial charge in [-0.2, -0.15) is 0 Å². The first-order valence-corrected chi connectivity index (χ1v) is 6.73. The lowest BCUT2D eigenvalue weighted by molar-refractivity contribution is 0.165. The van der Waals surface area contributed by atoms with E-state index in [1.807, 2.05) is 24.5 Å². The van der Waals surface area contributed by atoms with E-state index in [0.717, 1.165) is 31.2 Å². The SMILES string of the molecule is C1=CN(CN2CCCCC2)C(c2cccnc2)=NO1. The maximum Gasteiger partial charge on any atom is 0.182 e. The fraction of sp³-hybridized carbons (Fsp3) is 0.429. The lowest BCUT2D eigenvalue weighted by Crippen LogP contribution is -2.42. The molecule has 0 amide bonds. The van der Waals surface area contributed by atoms with Crippen molar-refractivity contribution in [2.75, 3.05) is 19.8 Å². The summed E-state index contributed by atoms with van der Waals surface area (Å²) >= 11 is 0. The molecule has 0 aromatic carbocycles. The van der Waals surface area contributed by atoms with Crippen LogP contribution in [-0.4, -0.2) is 40.4 Å². The number of nitrogens with zero attached hydrogens (tertiary/aromatic N) is 4. The molecule has 0 aliphatic carbocycles. The number of aromatic nitrogens is 1. The number of likely N-dealkylation sites (tertiary alicyclic amines) is 1. The van der Waals surface area contributed by atoms with Crippen LogP contribution in [0.5, 0.6) is 0 Å². The van der Waals surface area contributed by atoms with E-state index in [1.54, 1.807) is 12.5 Å². The zero-order valence-electron chi connectivity index (χ0n) is 10.9. The number of amidine groups is 1. The third-order valence-corrected chi connectivity index (χ3v) is 3.43. The van der Waals surface area contributed by atoms with Gasteiger partial charge in [-0.05, 0) is 38.1 Å². The van der Waals surface area contributed by atoms with E-state index >= 15 is 0 Å². The summed E-state index contributed by atoms with van der Waals surface area (Å²) in [6, 6.07) is 3.91. The van der Waals surface area contributed by atoms with Gasteiger partial charge in [0.2, 0.25) is 0 Å². The molecule has 0 bridgehead atoms. The van der Waals surface area contributed by atoms with Gasteiger partial charge in [0.25, 0.3) is 0 Å². The van der Waals surface area contributed by atoms with Gasteiger partial charge >= 0.3 is 0 Å². The molecule has 5 heteroatoms. The summed E-state index contributed by atoms with van der Waals surface area (Å²) in [6.45, 7) is 3.17. The summed E-state index contributed by atoms with van der Waals surface area (Å²) < 4.78 is 0. The molecule has 2 aliphatic heterocycles. The molecular weight excluding hydrogens is 240 g/mol. The van der Waals surface area contributed by atoms with Crippen LogP contribution < -0.4 is 0 Å². The second-order valence-electron chi connectivity index (χ2n) is 4.84. The highest BCUT2D eigenvalue weighted by Crippen LogP contribution is 2.14. The van der Waals surface area contributed by atoms with Crippen LogP contribution in [0.25, 0.3) is 0 Å². The third kappa shape index (κ3) is 2.93. The van der Waals surface area contributed by atoms with Gasteiger partial charge in [0.15, 0.2) is 5.84 Å². The molecule has 0 atom stereocenters. The number of pyridine rings is 1. The second-order valence-corrected chi connectivity index (χ2v) is 4.84. The van der Waals surface area contributed by atoms with Crippen molar-refractivity contribution in [1.29, 1.82) is 0 Å². The molecule has 100 valence electrons. The molecule has 3 heterocycles. The van der Waals surface area contributed by atoms with Crippen molar-refractivity contribution in [3.8, 4) is 0 Å². The fourth-order valence-corrected chi connectivity index (χ4v) is 2.45. The minimum absolute atomic E-state index is 0.821. The molecule has 0 spiro atoms. The number of piperidine rings is 1. The van der Waals surface area contributed by atoms with Crippen LogP contribution in [-0.2, 0) is 4.84 Å². The third-order valence-electron chi connectivity index (χ3n) is 3.43. The largest absolute Gasteiger partial charge is 0.361 e. The highest BCUT2D eigenvalue weighted by atomic mass is 16.6. The smallest absolute Gasteiger partial charge is 0.182 e. The average Bonchev–Trinajstić information content (AvgIpc) is 2.50. The molecule has 0 unspecified atom stereocenters. The molecule has 0 N–H and O–H groups in total. The molecule has 2 aliphatic rings. The standard InChI is InChI=1S/C14H18N4O/c1-2-7-17(8-3-1)12-18-9-10-19-16-14(18)13-5-4-6-15-11-13/h4-6,9-11H,1-3,7-8,12H2. The van der Waals surface area contributed by atoms with Crippen LogP contribution in [0.1, 0.15) is 24.8 Å². The zero-order chi connectivity index (χ0) is 12.9. The van der Waals surface area contributed by atoms with Crippen LogP contribution in [0, 0.1) is 0 Å². The first-order valence-electron chi connectivity index (χ1n) is 6.73. The minimum atomic E-state index is 0.821. The van der Waals surface area contributed by atoms with Crippen molar-refractivity contribution < 1.29 is 4.84 Å². The number of oxime groups is 1. The van der Waals surface area contributed by atoms with Crippen LogP contribution in [0.2, 0.25) is 0 Å². The van der Waals surface area contributed by atoms with Gasteiger partial charge in [-0.25, -0.2) is 0 Å². The molecular formula is C14H18N4O. The van der Waals surface area contributed by atoms with Crippen molar-refractivity contribution in [1.82, 2.24) is 14.8 Å². The lowest BCUT2D eigenvalue weighted by Gasteiger charge is -2.33. The molecule has 0 radical (unpaired) electrons. The van der Waals surface area contributed by atoms with Crippen LogP contribution in [0.3, 0.4) is 0 Å². The van der Waals surface area contributed by atoms with E-state index in [9.17, 15) is 0 Å². The van der Waals surface area contributed by atoms with E-state index in [1.165, 1.54) is 19.3 Å². The highest BCUT2D eigenvalue weighted by Gasteiger charge is 2.19. The summed E-state index contributed by atoms with van der Waals surface area (Å²) in [5.41, 5.74) is 0.976. The van der Waals surface area contributed by atoms with Crippen LogP contribution >= 0.6 is 0 Å². The minimum Gasteiger partial charge on any atom is -0.361 e. The van der Waals surface area contributed by atoms with Crippen LogP contribution in [0.15, 0.2) is 42.1 Å². The topological polar surface area (TPSA) is 41.0 Å². The predicted octanol–water partition coefficient (Wildman–Crippen LogP) is 1.99. The van der Waals surface area contributed by atoms with Crippen LogP contribution in [0.4, 0.5) is 0 Å². The lowest BCUT2D eigenvalue weighted by atomic mass is 10.1. The Morgan fingerprint density at radius 3 is 2.89 bits per heavy atom. The summed E-state index contributed by atoms with van der Waals surface area (Å²) in [6.07, 6.45) is 11.0. The van der Waals surface area contributed by atoms with Gasteiger partial charge in [0.05, 0.1) is 6.67 Å². The molecule has 5 nitrogen and oxygen atoms in total. The van der Waals surface area contributed by atoms with E-state index in [4.69, 9.17) is 4.84 Å². The van der Waals surface area contributed by atoms with Gasteiger partial charge in [-0.1, -0.05) is 11.6 Å². The van der Waals surface area contributed by atoms with Crippen molar-refractivity contribution >= 4 is 5.84 Å². The molecule has 3 rings (SSSR count). The second kappa shape index (κ2) is 5.84. The average molecular weight is 258 g/mol. The number of hydrogen-bond donors (Lipinski definition) is 0. The molecule has 1 aromatic rings.